The molecule has 0 bridgehead atoms. The highest BCUT2D eigenvalue weighted by Crippen LogP contribution is 2.37. The molecule has 0 aliphatic carbocycles. The molecule has 134 valence electrons. The van der Waals surface area contributed by atoms with Crippen LogP contribution in [0.15, 0.2) is 47.1 Å². The first kappa shape index (κ1) is 18.5. The van der Waals surface area contributed by atoms with Crippen molar-refractivity contribution >= 4 is 39.0 Å². The first-order valence-corrected chi connectivity index (χ1v) is 8.36. The highest BCUT2D eigenvalue weighted by molar-refractivity contribution is 9.10. The summed E-state index contributed by atoms with van der Waals surface area (Å²) in [5.41, 5.74) is 5.60. The number of rotatable bonds is 3. The molecule has 3 aromatic rings. The molecule has 3 N–H and O–H groups in total. The zero-order valence-corrected chi connectivity index (χ0v) is 15.2. The molecule has 4 nitrogen and oxygen atoms in total. The van der Waals surface area contributed by atoms with Gasteiger partial charge in [0.15, 0.2) is 5.78 Å². The minimum atomic E-state index is -4.62. The van der Waals surface area contributed by atoms with E-state index < -0.39 is 22.5 Å². The van der Waals surface area contributed by atoms with Crippen molar-refractivity contribution in [3.63, 3.8) is 0 Å². The predicted molar refractivity (Wildman–Crippen MR) is 96.0 cm³/mol. The van der Waals surface area contributed by atoms with Gasteiger partial charge in [-0.25, -0.2) is 0 Å². The molecule has 0 radical (unpaired) electrons. The van der Waals surface area contributed by atoms with E-state index in [0.717, 1.165) is 12.1 Å². The van der Waals surface area contributed by atoms with Crippen LogP contribution in [0.1, 0.15) is 21.5 Å². The number of alkyl halides is 3. The van der Waals surface area contributed by atoms with Gasteiger partial charge in [-0.3, -0.25) is 9.89 Å². The molecule has 0 spiro atoms. The molecular weight excluding hydrogens is 435 g/mol. The first-order valence-electron chi connectivity index (χ1n) is 7.19. The zero-order chi connectivity index (χ0) is 19.1. The zero-order valence-electron chi connectivity index (χ0n) is 12.9. The summed E-state index contributed by atoms with van der Waals surface area (Å²) in [6.45, 7) is 0. The molecule has 0 aliphatic rings. The fraction of sp³-hybridized carbons (Fsp3) is 0.0588. The third-order valence-electron chi connectivity index (χ3n) is 3.69. The second-order valence-corrected chi connectivity index (χ2v) is 6.72. The van der Waals surface area contributed by atoms with Crippen molar-refractivity contribution in [1.82, 2.24) is 10.2 Å². The number of halogens is 5. The maximum absolute atomic E-state index is 13.1. The smallest absolute Gasteiger partial charge is 0.398 e. The molecule has 26 heavy (non-hydrogen) atoms. The number of carbonyl (C=O) groups is 1. The van der Waals surface area contributed by atoms with E-state index in [-0.39, 0.29) is 28.1 Å². The topological polar surface area (TPSA) is 71.8 Å². The summed E-state index contributed by atoms with van der Waals surface area (Å²) in [4.78, 5) is 12.8. The number of carbonyl (C=O) groups excluding carboxylic acids is 1. The Morgan fingerprint density at radius 1 is 1.15 bits per heavy atom. The van der Waals surface area contributed by atoms with Crippen molar-refractivity contribution in [2.45, 2.75) is 6.18 Å². The number of nitrogens with zero attached hydrogens (tertiary/aromatic N) is 1. The number of hydrogen-bond donors (Lipinski definition) is 2. The van der Waals surface area contributed by atoms with Crippen LogP contribution in [0.4, 0.5) is 18.9 Å². The molecule has 1 aromatic heterocycles. The van der Waals surface area contributed by atoms with Crippen molar-refractivity contribution in [1.29, 1.82) is 0 Å². The van der Waals surface area contributed by atoms with Gasteiger partial charge in [0, 0.05) is 27.5 Å². The van der Waals surface area contributed by atoms with Gasteiger partial charge >= 0.3 is 6.18 Å². The second-order valence-electron chi connectivity index (χ2n) is 5.40. The van der Waals surface area contributed by atoms with Crippen molar-refractivity contribution in [3.8, 4) is 11.3 Å². The van der Waals surface area contributed by atoms with Crippen LogP contribution in [-0.2, 0) is 6.18 Å². The molecule has 0 fully saturated rings. The lowest BCUT2D eigenvalue weighted by Gasteiger charge is -2.11. The second kappa shape index (κ2) is 6.77. The van der Waals surface area contributed by atoms with E-state index in [0.29, 0.717) is 4.47 Å². The summed E-state index contributed by atoms with van der Waals surface area (Å²) >= 11 is 8.90. The molecule has 0 atom stereocenters. The Morgan fingerprint density at radius 3 is 2.58 bits per heavy atom. The lowest BCUT2D eigenvalue weighted by Crippen LogP contribution is -2.08. The summed E-state index contributed by atoms with van der Waals surface area (Å²) in [7, 11) is 0. The SMILES string of the molecule is Nc1ccc(Br)cc1C(=O)c1c[nH]nc1-c1ccc(Cl)c(C(F)(F)F)c1. The van der Waals surface area contributed by atoms with Crippen molar-refractivity contribution in [2.75, 3.05) is 5.73 Å². The molecule has 2 aromatic carbocycles. The summed E-state index contributed by atoms with van der Waals surface area (Å²) in [6, 6.07) is 8.13. The van der Waals surface area contributed by atoms with Gasteiger partial charge in [0.1, 0.15) is 5.69 Å². The van der Waals surface area contributed by atoms with E-state index >= 15 is 0 Å². The number of nitrogens with one attached hydrogen (secondary N) is 1. The number of ketones is 1. The van der Waals surface area contributed by atoms with E-state index in [1.165, 1.54) is 18.3 Å². The van der Waals surface area contributed by atoms with Crippen LogP contribution in [-0.4, -0.2) is 16.0 Å². The van der Waals surface area contributed by atoms with Crippen LogP contribution in [0.5, 0.6) is 0 Å². The maximum atomic E-state index is 13.1. The average molecular weight is 445 g/mol. The highest BCUT2D eigenvalue weighted by atomic mass is 79.9. The molecule has 1 heterocycles. The van der Waals surface area contributed by atoms with Crippen LogP contribution in [0.2, 0.25) is 5.02 Å². The van der Waals surface area contributed by atoms with Crippen LogP contribution in [0.3, 0.4) is 0 Å². The fourth-order valence-electron chi connectivity index (χ4n) is 2.44. The lowest BCUT2D eigenvalue weighted by atomic mass is 9.98. The number of aromatic amines is 1. The van der Waals surface area contributed by atoms with Crippen molar-refractivity contribution in [3.05, 3.63) is 68.8 Å². The molecular formula is C17H10BrClF3N3O. The summed E-state index contributed by atoms with van der Waals surface area (Å²) < 4.78 is 39.9. The van der Waals surface area contributed by atoms with E-state index in [1.807, 2.05) is 0 Å². The van der Waals surface area contributed by atoms with Crippen LogP contribution in [0.25, 0.3) is 11.3 Å². The Balaban J connectivity index is 2.10. The van der Waals surface area contributed by atoms with Crippen LogP contribution in [0, 0.1) is 0 Å². The minimum absolute atomic E-state index is 0.0801. The first-order chi connectivity index (χ1) is 12.2. The monoisotopic (exact) mass is 443 g/mol. The molecule has 3 rings (SSSR count). The summed E-state index contributed by atoms with van der Waals surface area (Å²) in [5.74, 6) is -0.462. The van der Waals surface area contributed by atoms with Gasteiger partial charge in [-0.1, -0.05) is 33.6 Å². The van der Waals surface area contributed by atoms with Crippen LogP contribution >= 0.6 is 27.5 Å². The predicted octanol–water partition coefficient (Wildman–Crippen LogP) is 5.32. The van der Waals surface area contributed by atoms with Crippen molar-refractivity contribution in [2.24, 2.45) is 0 Å². The number of benzene rings is 2. The van der Waals surface area contributed by atoms with Gasteiger partial charge in [0.05, 0.1) is 16.1 Å². The summed E-state index contributed by atoms with van der Waals surface area (Å²) in [6.07, 6.45) is -3.30. The number of anilines is 1. The number of nitrogen functional groups attached to an aromatic ring is 1. The number of hydrogen-bond acceptors (Lipinski definition) is 3. The van der Waals surface area contributed by atoms with E-state index in [2.05, 4.69) is 26.1 Å². The molecule has 0 unspecified atom stereocenters. The standard InChI is InChI=1S/C17H10BrClF3N3O/c18-9-2-4-14(23)10(6-9)16(26)11-7-24-25-15(11)8-1-3-13(19)12(5-8)17(20,21)22/h1-7H,23H2,(H,24,25). The van der Waals surface area contributed by atoms with E-state index in [1.54, 1.807) is 12.1 Å². The lowest BCUT2D eigenvalue weighted by molar-refractivity contribution is -0.137. The summed E-state index contributed by atoms with van der Waals surface area (Å²) in [5, 5.41) is 6.02. The molecule has 9 heteroatoms. The Bertz CT molecular complexity index is 1000. The average Bonchev–Trinajstić information content (AvgIpc) is 3.05. The fourth-order valence-corrected chi connectivity index (χ4v) is 3.03. The third-order valence-corrected chi connectivity index (χ3v) is 4.51. The third kappa shape index (κ3) is 3.47. The van der Waals surface area contributed by atoms with E-state index in [4.69, 9.17) is 17.3 Å². The van der Waals surface area contributed by atoms with Gasteiger partial charge in [-0.2, -0.15) is 18.3 Å². The molecule has 0 aliphatic heterocycles. The largest absolute Gasteiger partial charge is 0.417 e. The maximum Gasteiger partial charge on any atom is 0.417 e. The quantitative estimate of drug-likeness (QED) is 0.424. The Hall–Kier alpha value is -2.32. The minimum Gasteiger partial charge on any atom is -0.398 e. The number of H-pyrrole nitrogens is 1. The van der Waals surface area contributed by atoms with Gasteiger partial charge in [-0.05, 0) is 30.3 Å². The number of aromatic nitrogens is 2. The van der Waals surface area contributed by atoms with Gasteiger partial charge in [0.2, 0.25) is 0 Å². The highest BCUT2D eigenvalue weighted by Gasteiger charge is 2.34. The van der Waals surface area contributed by atoms with Gasteiger partial charge in [-0.15, -0.1) is 0 Å². The Labute approximate surface area is 159 Å². The van der Waals surface area contributed by atoms with Crippen molar-refractivity contribution < 1.29 is 18.0 Å². The van der Waals surface area contributed by atoms with Crippen LogP contribution < -0.4 is 5.73 Å². The van der Waals surface area contributed by atoms with Gasteiger partial charge < -0.3 is 5.73 Å². The molecule has 0 saturated carbocycles. The Morgan fingerprint density at radius 2 is 1.88 bits per heavy atom. The normalized spacial score (nSPS) is 11.6. The molecule has 0 saturated heterocycles. The van der Waals surface area contributed by atoms with Gasteiger partial charge in [0.25, 0.3) is 0 Å². The molecule has 0 amide bonds. The van der Waals surface area contributed by atoms with E-state index in [9.17, 15) is 18.0 Å². The Kier molecular flexibility index (Phi) is 4.81. The number of nitrogens with two attached hydrogens (primary N) is 1.